The smallest absolute Gasteiger partial charge is 0.326 e. The molecule has 9 N–H and O–H groups in total. The lowest BCUT2D eigenvalue weighted by atomic mass is 10.1. The van der Waals surface area contributed by atoms with Crippen LogP contribution in [-0.2, 0) is 24.0 Å². The zero-order valence-corrected chi connectivity index (χ0v) is 18.0. The molecule has 0 radical (unpaired) electrons. The van der Waals surface area contributed by atoms with Crippen LogP contribution < -0.4 is 27.4 Å². The molecule has 4 amide bonds. The van der Waals surface area contributed by atoms with E-state index in [0.717, 1.165) is 0 Å². The predicted molar refractivity (Wildman–Crippen MR) is 110 cm³/mol. The van der Waals surface area contributed by atoms with Crippen LogP contribution in [0.25, 0.3) is 0 Å². The van der Waals surface area contributed by atoms with Gasteiger partial charge in [-0.1, -0.05) is 0 Å². The van der Waals surface area contributed by atoms with Gasteiger partial charge in [0, 0.05) is 6.42 Å². The number of primary amides is 1. The third-order valence-electron chi connectivity index (χ3n) is 4.01. The fraction of sp³-hybridized carbons (Fsp3) is 0.706. The number of nitrogens with one attached hydrogen (secondary N) is 3. The summed E-state index contributed by atoms with van der Waals surface area (Å²) in [6, 6.07) is -4.78. The van der Waals surface area contributed by atoms with Crippen molar-refractivity contribution in [1.29, 1.82) is 0 Å². The molecule has 0 spiro atoms. The molecule has 0 heterocycles. The Balaban J connectivity index is 5.29. The van der Waals surface area contributed by atoms with Crippen LogP contribution in [0.3, 0.4) is 0 Å². The highest BCUT2D eigenvalue weighted by atomic mass is 32.2. The molecule has 5 atom stereocenters. The van der Waals surface area contributed by atoms with E-state index < -0.39 is 59.9 Å². The third-order valence-corrected chi connectivity index (χ3v) is 4.66. The summed E-state index contributed by atoms with van der Waals surface area (Å²) in [5, 5.41) is 26.1. The van der Waals surface area contributed by atoms with Crippen LogP contribution in [0.15, 0.2) is 0 Å². The molecular formula is C17H31N5O7S. The van der Waals surface area contributed by atoms with Gasteiger partial charge >= 0.3 is 5.97 Å². The van der Waals surface area contributed by atoms with Gasteiger partial charge in [-0.2, -0.15) is 11.8 Å². The number of hydrogen-bond acceptors (Lipinski definition) is 8. The fourth-order valence-electron chi connectivity index (χ4n) is 2.27. The van der Waals surface area contributed by atoms with Crippen LogP contribution in [-0.4, -0.2) is 82.1 Å². The van der Waals surface area contributed by atoms with Gasteiger partial charge in [-0.15, -0.1) is 0 Å². The summed E-state index contributed by atoms with van der Waals surface area (Å²) in [7, 11) is 0. The van der Waals surface area contributed by atoms with E-state index in [2.05, 4.69) is 16.0 Å². The molecule has 0 aliphatic carbocycles. The highest BCUT2D eigenvalue weighted by molar-refractivity contribution is 7.98. The first kappa shape index (κ1) is 27.6. The third kappa shape index (κ3) is 10.4. The first-order valence-electron chi connectivity index (χ1n) is 9.25. The van der Waals surface area contributed by atoms with Crippen molar-refractivity contribution in [2.24, 2.45) is 11.5 Å². The van der Waals surface area contributed by atoms with Gasteiger partial charge in [0.05, 0.1) is 12.1 Å². The Morgan fingerprint density at radius 3 is 1.93 bits per heavy atom. The average molecular weight is 450 g/mol. The highest BCUT2D eigenvalue weighted by Crippen LogP contribution is 2.05. The van der Waals surface area contributed by atoms with Gasteiger partial charge in [0.2, 0.25) is 23.6 Å². The first-order chi connectivity index (χ1) is 13.9. The van der Waals surface area contributed by atoms with E-state index in [0.29, 0.717) is 5.75 Å². The molecule has 0 rings (SSSR count). The zero-order valence-electron chi connectivity index (χ0n) is 17.2. The molecular weight excluding hydrogens is 418 g/mol. The Hall–Kier alpha value is -2.38. The monoisotopic (exact) mass is 449 g/mol. The molecule has 0 saturated heterocycles. The lowest BCUT2D eigenvalue weighted by Crippen LogP contribution is -2.59. The van der Waals surface area contributed by atoms with Gasteiger partial charge in [-0.05, 0) is 38.7 Å². The second-order valence-electron chi connectivity index (χ2n) is 6.76. The molecule has 0 aromatic heterocycles. The van der Waals surface area contributed by atoms with Crippen LogP contribution in [0.2, 0.25) is 0 Å². The van der Waals surface area contributed by atoms with E-state index in [9.17, 15) is 34.2 Å². The number of carbonyl (C=O) groups is 5. The molecule has 5 unspecified atom stereocenters. The second-order valence-corrected chi connectivity index (χ2v) is 7.75. The predicted octanol–water partition coefficient (Wildman–Crippen LogP) is -2.73. The summed E-state index contributed by atoms with van der Waals surface area (Å²) >= 11 is 1.44. The molecule has 13 heteroatoms. The lowest BCUT2D eigenvalue weighted by molar-refractivity contribution is -0.143. The molecule has 30 heavy (non-hydrogen) atoms. The fourth-order valence-corrected chi connectivity index (χ4v) is 2.74. The number of amides is 4. The minimum atomic E-state index is -1.49. The molecule has 0 fully saturated rings. The largest absolute Gasteiger partial charge is 0.480 e. The number of thioether (sulfide) groups is 1. The zero-order chi connectivity index (χ0) is 23.4. The van der Waals surface area contributed by atoms with E-state index in [4.69, 9.17) is 11.5 Å². The number of aliphatic hydroxyl groups excluding tert-OH is 1. The van der Waals surface area contributed by atoms with Gasteiger partial charge in [-0.3, -0.25) is 19.2 Å². The van der Waals surface area contributed by atoms with Crippen molar-refractivity contribution in [3.8, 4) is 0 Å². The minimum Gasteiger partial charge on any atom is -0.480 e. The van der Waals surface area contributed by atoms with Crippen LogP contribution >= 0.6 is 11.8 Å². The Kier molecular flexibility index (Phi) is 12.7. The number of hydrogen-bond donors (Lipinski definition) is 7. The SMILES string of the molecule is CSCCC(NC(=O)C(C)N)C(=O)NC(C(=O)NC(CCC(N)=O)C(=O)O)C(C)O. The van der Waals surface area contributed by atoms with Crippen LogP contribution in [0.5, 0.6) is 0 Å². The quantitative estimate of drug-likeness (QED) is 0.146. The normalized spacial score (nSPS) is 15.8. The maximum Gasteiger partial charge on any atom is 0.326 e. The number of aliphatic hydroxyl groups is 1. The van der Waals surface area contributed by atoms with Crippen LogP contribution in [0.1, 0.15) is 33.1 Å². The molecule has 0 aromatic rings. The second kappa shape index (κ2) is 13.8. The number of carboxylic acid groups (broad SMARTS) is 1. The van der Waals surface area contributed by atoms with Crippen LogP contribution in [0.4, 0.5) is 0 Å². The summed E-state index contributed by atoms with van der Waals surface area (Å²) in [6.45, 7) is 2.68. The summed E-state index contributed by atoms with van der Waals surface area (Å²) in [6.07, 6.45) is 0.160. The van der Waals surface area contributed by atoms with Gasteiger partial charge in [-0.25, -0.2) is 4.79 Å². The maximum absolute atomic E-state index is 12.6. The topological polar surface area (TPSA) is 214 Å². The van der Waals surface area contributed by atoms with E-state index >= 15 is 0 Å². The Morgan fingerprint density at radius 2 is 1.50 bits per heavy atom. The van der Waals surface area contributed by atoms with Gasteiger partial charge in [0.25, 0.3) is 0 Å². The summed E-state index contributed by atoms with van der Waals surface area (Å²) < 4.78 is 0. The summed E-state index contributed by atoms with van der Waals surface area (Å²) in [5.74, 6) is -3.87. The Morgan fingerprint density at radius 1 is 0.933 bits per heavy atom. The summed E-state index contributed by atoms with van der Waals surface area (Å²) in [4.78, 5) is 59.1. The van der Waals surface area contributed by atoms with Crippen molar-refractivity contribution in [3.05, 3.63) is 0 Å². The number of nitrogens with two attached hydrogens (primary N) is 2. The number of aliphatic carboxylic acids is 1. The van der Waals surface area contributed by atoms with Crippen molar-refractivity contribution in [3.63, 3.8) is 0 Å². The van der Waals surface area contributed by atoms with E-state index in [1.165, 1.54) is 25.6 Å². The molecule has 0 bridgehead atoms. The molecule has 12 nitrogen and oxygen atoms in total. The first-order valence-corrected chi connectivity index (χ1v) is 10.6. The van der Waals surface area contributed by atoms with E-state index in [1.807, 2.05) is 6.26 Å². The van der Waals surface area contributed by atoms with Gasteiger partial charge < -0.3 is 37.6 Å². The van der Waals surface area contributed by atoms with Crippen molar-refractivity contribution < 1.29 is 34.2 Å². The van der Waals surface area contributed by atoms with Crippen molar-refractivity contribution >= 4 is 41.4 Å². The van der Waals surface area contributed by atoms with E-state index in [1.54, 1.807) is 0 Å². The standard InChI is InChI=1S/C17H31N5O7S/c1-8(18)14(25)20-10(6-7-30-3)15(26)22-13(9(2)23)16(27)21-11(17(28)29)4-5-12(19)24/h8-11,13,23H,4-7,18H2,1-3H3,(H2,19,24)(H,20,25)(H,21,27)(H,22,26)(H,28,29). The summed E-state index contributed by atoms with van der Waals surface area (Å²) in [5.41, 5.74) is 10.5. The minimum absolute atomic E-state index is 0.246. The Bertz CT molecular complexity index is 630. The van der Waals surface area contributed by atoms with Gasteiger partial charge in [0.15, 0.2) is 0 Å². The number of rotatable bonds is 14. The van der Waals surface area contributed by atoms with Crippen molar-refractivity contribution in [2.75, 3.05) is 12.0 Å². The average Bonchev–Trinajstić information content (AvgIpc) is 2.64. The molecule has 0 aliphatic heterocycles. The van der Waals surface area contributed by atoms with Crippen LogP contribution in [0, 0.1) is 0 Å². The van der Waals surface area contributed by atoms with Crippen molar-refractivity contribution in [2.45, 2.75) is 63.4 Å². The van der Waals surface area contributed by atoms with Crippen molar-refractivity contribution in [1.82, 2.24) is 16.0 Å². The Labute approximate surface area is 178 Å². The molecule has 0 aliphatic rings. The lowest BCUT2D eigenvalue weighted by Gasteiger charge is -2.26. The number of carboxylic acids is 1. The number of carbonyl (C=O) groups excluding carboxylic acids is 4. The molecule has 0 saturated carbocycles. The van der Waals surface area contributed by atoms with Gasteiger partial charge in [0.1, 0.15) is 18.1 Å². The highest BCUT2D eigenvalue weighted by Gasteiger charge is 2.32. The molecule has 0 aromatic carbocycles. The molecule has 172 valence electrons. The van der Waals surface area contributed by atoms with E-state index in [-0.39, 0.29) is 19.3 Å². The maximum atomic E-state index is 12.6.